The molecule has 8 heteroatoms. The van der Waals surface area contributed by atoms with Gasteiger partial charge in [0.1, 0.15) is 5.25 Å². The third-order valence-electron chi connectivity index (χ3n) is 5.37. The van der Waals surface area contributed by atoms with Crippen LogP contribution >= 0.6 is 11.8 Å². The zero-order valence-corrected chi connectivity index (χ0v) is 20.2. The summed E-state index contributed by atoms with van der Waals surface area (Å²) in [5, 5.41) is 16.1. The summed E-state index contributed by atoms with van der Waals surface area (Å²) in [6.07, 6.45) is 0. The molecule has 2 N–H and O–H groups in total. The lowest BCUT2D eigenvalue weighted by Crippen LogP contribution is -2.19. The van der Waals surface area contributed by atoms with E-state index >= 15 is 0 Å². The van der Waals surface area contributed by atoms with Gasteiger partial charge in [0, 0.05) is 34.0 Å². The maximum atomic E-state index is 13.2. The van der Waals surface area contributed by atoms with Crippen LogP contribution in [-0.4, -0.2) is 16.7 Å². The van der Waals surface area contributed by atoms with Crippen LogP contribution in [0.3, 0.4) is 0 Å². The number of benzene rings is 4. The van der Waals surface area contributed by atoms with Crippen LogP contribution in [0.25, 0.3) is 0 Å². The lowest BCUT2D eigenvalue weighted by molar-refractivity contribution is -0.384. The van der Waals surface area contributed by atoms with E-state index in [0.717, 1.165) is 16.0 Å². The number of aryl methyl sites for hydroxylation is 1. The molecule has 4 rings (SSSR count). The van der Waals surface area contributed by atoms with Crippen LogP contribution in [0.2, 0.25) is 0 Å². The second kappa shape index (κ2) is 11.3. The number of non-ortho nitro benzene ring substituents is 1. The molecule has 0 saturated heterocycles. The van der Waals surface area contributed by atoms with Crippen molar-refractivity contribution in [2.45, 2.75) is 17.1 Å². The van der Waals surface area contributed by atoms with E-state index < -0.39 is 10.2 Å². The van der Waals surface area contributed by atoms with Gasteiger partial charge in [-0.25, -0.2) is 0 Å². The maximum Gasteiger partial charge on any atom is 0.269 e. The van der Waals surface area contributed by atoms with E-state index in [4.69, 9.17) is 0 Å². The van der Waals surface area contributed by atoms with Crippen molar-refractivity contribution in [3.63, 3.8) is 0 Å². The first kappa shape index (κ1) is 24.7. The van der Waals surface area contributed by atoms with E-state index in [1.807, 2.05) is 61.5 Å². The summed E-state index contributed by atoms with van der Waals surface area (Å²) in [4.78, 5) is 36.9. The van der Waals surface area contributed by atoms with Crippen LogP contribution in [-0.2, 0) is 4.79 Å². The number of nitrogens with zero attached hydrogens (tertiary/aromatic N) is 1. The Bertz CT molecular complexity index is 1360. The highest BCUT2D eigenvalue weighted by Gasteiger charge is 2.22. The van der Waals surface area contributed by atoms with E-state index in [2.05, 4.69) is 10.6 Å². The first-order chi connectivity index (χ1) is 17.4. The van der Waals surface area contributed by atoms with Gasteiger partial charge in [-0.1, -0.05) is 48.0 Å². The average Bonchev–Trinajstić information content (AvgIpc) is 2.89. The SMILES string of the molecule is Cc1ccc(C(=O)Nc2ccc(SC(C(=O)Nc3ccc([N+](=O)[O-])cc3)c3ccccc3)cc2)cc1. The molecule has 36 heavy (non-hydrogen) atoms. The van der Waals surface area contributed by atoms with E-state index in [9.17, 15) is 19.7 Å². The fourth-order valence-corrected chi connectivity index (χ4v) is 4.46. The van der Waals surface area contributed by atoms with Gasteiger partial charge < -0.3 is 10.6 Å². The van der Waals surface area contributed by atoms with Gasteiger partial charge in [-0.2, -0.15) is 0 Å². The number of nitro benzene ring substituents is 1. The molecule has 4 aromatic carbocycles. The highest BCUT2D eigenvalue weighted by Crippen LogP contribution is 2.37. The van der Waals surface area contributed by atoms with Gasteiger partial charge in [-0.15, -0.1) is 11.8 Å². The smallest absolute Gasteiger partial charge is 0.269 e. The monoisotopic (exact) mass is 497 g/mol. The molecule has 0 heterocycles. The van der Waals surface area contributed by atoms with Crippen LogP contribution in [0, 0.1) is 17.0 Å². The van der Waals surface area contributed by atoms with Crippen molar-refractivity contribution in [2.24, 2.45) is 0 Å². The molecule has 0 aliphatic heterocycles. The van der Waals surface area contributed by atoms with E-state index in [1.54, 1.807) is 24.3 Å². The Kier molecular flexibility index (Phi) is 7.77. The first-order valence-corrected chi connectivity index (χ1v) is 12.0. The molecule has 0 radical (unpaired) electrons. The maximum absolute atomic E-state index is 13.2. The van der Waals surface area contributed by atoms with Crippen molar-refractivity contribution >= 4 is 40.6 Å². The number of carbonyl (C=O) groups is 2. The fourth-order valence-electron chi connectivity index (χ4n) is 3.44. The Hall–Kier alpha value is -4.43. The Morgan fingerprint density at radius 1 is 0.778 bits per heavy atom. The van der Waals surface area contributed by atoms with Gasteiger partial charge >= 0.3 is 0 Å². The molecule has 0 fully saturated rings. The molecule has 0 bridgehead atoms. The van der Waals surface area contributed by atoms with E-state index in [0.29, 0.717) is 16.9 Å². The van der Waals surface area contributed by atoms with Crippen LogP contribution < -0.4 is 10.6 Å². The van der Waals surface area contributed by atoms with Crippen LogP contribution in [0.5, 0.6) is 0 Å². The fraction of sp³-hybridized carbons (Fsp3) is 0.0714. The Morgan fingerprint density at radius 3 is 1.97 bits per heavy atom. The van der Waals surface area contributed by atoms with Crippen LogP contribution in [0.1, 0.15) is 26.7 Å². The highest BCUT2D eigenvalue weighted by molar-refractivity contribution is 8.00. The number of carbonyl (C=O) groups excluding carboxylic acids is 2. The second-order valence-electron chi connectivity index (χ2n) is 8.05. The topological polar surface area (TPSA) is 101 Å². The quantitative estimate of drug-likeness (QED) is 0.162. The molecule has 0 aliphatic carbocycles. The van der Waals surface area contributed by atoms with Crippen molar-refractivity contribution in [2.75, 3.05) is 10.6 Å². The first-order valence-electron chi connectivity index (χ1n) is 11.1. The molecular formula is C28H23N3O4S. The van der Waals surface area contributed by atoms with E-state index in [-0.39, 0.29) is 17.5 Å². The number of amides is 2. The highest BCUT2D eigenvalue weighted by atomic mass is 32.2. The molecule has 1 unspecified atom stereocenters. The number of nitro groups is 1. The van der Waals surface area contributed by atoms with Crippen molar-refractivity contribution in [1.29, 1.82) is 0 Å². The van der Waals surface area contributed by atoms with Gasteiger partial charge in [-0.3, -0.25) is 19.7 Å². The lowest BCUT2D eigenvalue weighted by atomic mass is 10.1. The molecule has 4 aromatic rings. The number of rotatable bonds is 8. The minimum atomic E-state index is -0.561. The Labute approximate surface area is 212 Å². The van der Waals surface area contributed by atoms with Crippen molar-refractivity contribution in [3.05, 3.63) is 130 Å². The van der Waals surface area contributed by atoms with Crippen molar-refractivity contribution in [3.8, 4) is 0 Å². The lowest BCUT2D eigenvalue weighted by Gasteiger charge is -2.17. The molecule has 2 amide bonds. The summed E-state index contributed by atoms with van der Waals surface area (Å²) >= 11 is 1.37. The van der Waals surface area contributed by atoms with Crippen LogP contribution in [0.15, 0.2) is 108 Å². The summed E-state index contributed by atoms with van der Waals surface area (Å²) < 4.78 is 0. The molecule has 0 aliphatic rings. The number of thioether (sulfide) groups is 1. The second-order valence-corrected chi connectivity index (χ2v) is 9.22. The summed E-state index contributed by atoms with van der Waals surface area (Å²) in [7, 11) is 0. The standard InChI is InChI=1S/C28H23N3O4S/c1-19-7-9-21(10-8-19)27(32)29-23-13-17-25(18-14-23)36-26(20-5-3-2-4-6-20)28(33)30-22-11-15-24(16-12-22)31(34)35/h2-18,26H,1H3,(H,29,32)(H,30,33). The van der Waals surface area contributed by atoms with Gasteiger partial charge in [0.15, 0.2) is 0 Å². The molecule has 0 saturated carbocycles. The average molecular weight is 498 g/mol. The van der Waals surface area contributed by atoms with Gasteiger partial charge in [0.25, 0.3) is 11.6 Å². The number of hydrogen-bond donors (Lipinski definition) is 2. The minimum Gasteiger partial charge on any atom is -0.325 e. The number of anilines is 2. The largest absolute Gasteiger partial charge is 0.325 e. The van der Waals surface area contributed by atoms with Gasteiger partial charge in [-0.05, 0) is 61.0 Å². The molecule has 0 spiro atoms. The molecule has 7 nitrogen and oxygen atoms in total. The predicted octanol–water partition coefficient (Wildman–Crippen LogP) is 6.63. The zero-order chi connectivity index (χ0) is 25.5. The summed E-state index contributed by atoms with van der Waals surface area (Å²) in [5.74, 6) is -0.447. The molecule has 180 valence electrons. The Morgan fingerprint density at radius 2 is 1.36 bits per heavy atom. The third kappa shape index (κ3) is 6.37. The van der Waals surface area contributed by atoms with E-state index in [1.165, 1.54) is 36.0 Å². The van der Waals surface area contributed by atoms with Gasteiger partial charge in [0.2, 0.25) is 5.91 Å². The summed E-state index contributed by atoms with van der Waals surface area (Å²) in [6.45, 7) is 1.97. The zero-order valence-electron chi connectivity index (χ0n) is 19.4. The van der Waals surface area contributed by atoms with Crippen LogP contribution in [0.4, 0.5) is 17.1 Å². The molecule has 1 atom stereocenters. The predicted molar refractivity (Wildman–Crippen MR) is 142 cm³/mol. The summed E-state index contributed by atoms with van der Waals surface area (Å²) in [6, 6.07) is 29.7. The third-order valence-corrected chi connectivity index (χ3v) is 6.63. The summed E-state index contributed by atoms with van der Waals surface area (Å²) in [5.41, 5.74) is 3.55. The minimum absolute atomic E-state index is 0.0449. The normalized spacial score (nSPS) is 11.4. The molecule has 0 aromatic heterocycles. The Balaban J connectivity index is 1.47. The van der Waals surface area contributed by atoms with Crippen molar-refractivity contribution in [1.82, 2.24) is 0 Å². The van der Waals surface area contributed by atoms with Crippen molar-refractivity contribution < 1.29 is 14.5 Å². The number of nitrogens with one attached hydrogen (secondary N) is 2. The van der Waals surface area contributed by atoms with Gasteiger partial charge in [0.05, 0.1) is 4.92 Å². The molecular weight excluding hydrogens is 474 g/mol. The number of hydrogen-bond acceptors (Lipinski definition) is 5.